The van der Waals surface area contributed by atoms with E-state index in [1.54, 1.807) is 84.1 Å². The second-order valence-corrected chi connectivity index (χ2v) is 32.8. The molecule has 562 valence electrons. The first-order valence-corrected chi connectivity index (χ1v) is 37.0. The zero-order chi connectivity index (χ0) is 78.3. The van der Waals surface area contributed by atoms with E-state index < -0.39 is 11.0 Å². The van der Waals surface area contributed by atoms with E-state index in [0.29, 0.717) is 60.2 Å². The lowest BCUT2D eigenvalue weighted by atomic mass is 9.93. The minimum atomic E-state index is -0.829. The Morgan fingerprint density at radius 3 is 1.38 bits per heavy atom. The van der Waals surface area contributed by atoms with Crippen LogP contribution in [-0.4, -0.2) is 126 Å². The monoisotopic (exact) mass is 1460 g/mol. The van der Waals surface area contributed by atoms with Gasteiger partial charge in [0.15, 0.2) is 5.60 Å². The molecule has 0 spiro atoms. The number of aryl methyl sites for hydroxylation is 2. The summed E-state index contributed by atoms with van der Waals surface area (Å²) in [5, 5.41) is 14.9. The van der Waals surface area contributed by atoms with Crippen molar-refractivity contribution in [3.63, 3.8) is 0 Å². The van der Waals surface area contributed by atoms with Gasteiger partial charge >= 0.3 is 0 Å². The number of nitriles is 1. The Hall–Kier alpha value is -8.73. The van der Waals surface area contributed by atoms with E-state index in [2.05, 4.69) is 150 Å². The van der Waals surface area contributed by atoms with Crippen molar-refractivity contribution in [3.05, 3.63) is 178 Å². The van der Waals surface area contributed by atoms with E-state index in [9.17, 15) is 24.0 Å². The number of carbonyl (C=O) groups is 5. The van der Waals surface area contributed by atoms with Gasteiger partial charge in [-0.2, -0.15) is 10.4 Å². The highest BCUT2D eigenvalue weighted by Crippen LogP contribution is 2.44. The molecule has 5 aromatic carbocycles. The molecule has 104 heavy (non-hydrogen) atoms. The van der Waals surface area contributed by atoms with Gasteiger partial charge in [0.05, 0.1) is 44.5 Å². The molecule has 0 fully saturated rings. The Morgan fingerprint density at radius 1 is 0.538 bits per heavy atom. The molecule has 0 radical (unpaired) electrons. The maximum absolute atomic E-state index is 12.2. The standard InChI is InChI=1S/C15H21NO3.2C13H17NO2.C12H14ClNO.C12H15NO.C11H16N2S.C8H14N2/c1-9(2)10-7-13-11(8-12(10)18-6)16(5)14(17)15(3,4)19-13;1-8(2)10-6-11-9(5-12(10)16-4)7-14(3)13(11)15;1-8(2)10-5-9-7-14(3)13(15)11(9)6-12(10)16-4;1-7(2)9-4-8-6-14(3)12(15)10(8)5-11(9)13;1-8(2)9-4-5-11-10(6-9)7-13(3)12(11)14;1-7(2)9-8(3)13-10(14-9)11(4,5)6-12;1-8(2,3)7-5-6-10(4)9-7/h7-9H,1-6H3;2*5-6,8H,7H2,1-4H3;4-5,7H,6H2,1-3H3;4-6,8H,7H2,1-3H3;7H,1-5H3;5-6H,1-4H3. The fraction of sp³-hybridized carbons (Fsp3) is 0.500. The molecular formula is C84H114ClN9O9S. The van der Waals surface area contributed by atoms with Crippen molar-refractivity contribution in [1.29, 1.82) is 5.26 Å². The molecule has 7 aromatic rings. The molecular weight excluding hydrogens is 1350 g/mol. The molecule has 0 aliphatic carbocycles. The van der Waals surface area contributed by atoms with Crippen molar-refractivity contribution in [3.8, 4) is 29.1 Å². The van der Waals surface area contributed by atoms with Crippen LogP contribution in [0, 0.1) is 18.3 Å². The smallest absolute Gasteiger partial charge is 0.270 e. The molecule has 0 unspecified atom stereocenters. The van der Waals surface area contributed by atoms with Crippen molar-refractivity contribution < 1.29 is 42.9 Å². The maximum atomic E-state index is 12.2. The molecule has 2 aromatic heterocycles. The van der Waals surface area contributed by atoms with Crippen molar-refractivity contribution in [2.24, 2.45) is 7.05 Å². The number of fused-ring (bicyclic) bond motifs is 5. The van der Waals surface area contributed by atoms with Crippen LogP contribution in [-0.2, 0) is 48.9 Å². The largest absolute Gasteiger partial charge is 0.496 e. The van der Waals surface area contributed by atoms with E-state index in [0.717, 1.165) is 107 Å². The Kier molecular flexibility index (Phi) is 27.9. The first kappa shape index (κ1) is 84.2. The number of methoxy groups -OCH3 is 3. The quantitative estimate of drug-likeness (QED) is 0.126. The molecule has 5 aliphatic heterocycles. The van der Waals surface area contributed by atoms with E-state index in [-0.39, 0.29) is 35.0 Å². The highest BCUT2D eigenvalue weighted by molar-refractivity contribution is 7.12. The Labute approximate surface area is 629 Å². The number of anilines is 1. The SMILES string of the molecule is CC(C)c1cc2c(cc1Cl)C(=O)N(C)C2.CC(C)c1ccc2c(c1)CN(C)C2=O.COc1cc2c(cc1C(C)C)C(=O)N(C)C2.COc1cc2c(cc1C(C)C)CN(C)C2=O.COc1cc2c(cc1C(C)C)OC(C)(C)C(=O)N2C.Cc1nc(C(C)(C)C#N)sc1C(C)C.Cn1ccc(C(C)(C)C)n1. The summed E-state index contributed by atoms with van der Waals surface area (Å²) in [6, 6.07) is 26.2. The second kappa shape index (κ2) is 34.5. The van der Waals surface area contributed by atoms with Gasteiger partial charge < -0.3 is 43.4 Å². The molecule has 0 saturated carbocycles. The molecule has 0 bridgehead atoms. The van der Waals surface area contributed by atoms with Crippen LogP contribution in [0.1, 0.15) is 280 Å². The summed E-state index contributed by atoms with van der Waals surface area (Å²) in [4.78, 5) is 73.5. The minimum Gasteiger partial charge on any atom is -0.496 e. The first-order chi connectivity index (χ1) is 48.3. The van der Waals surface area contributed by atoms with Gasteiger partial charge in [-0.05, 0) is 163 Å². The number of thiazole rings is 1. The van der Waals surface area contributed by atoms with E-state index >= 15 is 0 Å². The fourth-order valence-corrected chi connectivity index (χ4v) is 14.0. The lowest BCUT2D eigenvalue weighted by molar-refractivity contribution is -0.132. The van der Waals surface area contributed by atoms with Gasteiger partial charge in [-0.25, -0.2) is 4.98 Å². The third-order valence-corrected chi connectivity index (χ3v) is 21.0. The molecule has 12 rings (SSSR count). The normalized spacial score (nSPS) is 14.6. The minimum absolute atomic E-state index is 0.0562. The van der Waals surface area contributed by atoms with Gasteiger partial charge in [0, 0.05) is 124 Å². The number of halogens is 1. The van der Waals surface area contributed by atoms with Gasteiger partial charge in [0.1, 0.15) is 33.4 Å². The number of aromatic nitrogens is 3. The van der Waals surface area contributed by atoms with Gasteiger partial charge in [-0.1, -0.05) is 134 Å². The van der Waals surface area contributed by atoms with E-state index in [4.69, 9.17) is 35.8 Å². The predicted molar refractivity (Wildman–Crippen MR) is 420 cm³/mol. The van der Waals surface area contributed by atoms with Crippen molar-refractivity contribution in [2.45, 2.75) is 217 Å². The van der Waals surface area contributed by atoms with Crippen LogP contribution in [0.15, 0.2) is 79.0 Å². The van der Waals surface area contributed by atoms with Crippen LogP contribution in [0.5, 0.6) is 23.0 Å². The topological polar surface area (TPSA) is 193 Å². The van der Waals surface area contributed by atoms with Crippen molar-refractivity contribution in [1.82, 2.24) is 34.4 Å². The fourth-order valence-electron chi connectivity index (χ4n) is 12.5. The summed E-state index contributed by atoms with van der Waals surface area (Å²) in [6.45, 7) is 44.3. The number of nitrogens with zero attached hydrogens (tertiary/aromatic N) is 9. The van der Waals surface area contributed by atoms with Crippen LogP contribution >= 0.6 is 22.9 Å². The Bertz CT molecular complexity index is 4320. The number of hydrogen-bond donors (Lipinski definition) is 0. The van der Waals surface area contributed by atoms with E-state index in [1.807, 2.05) is 103 Å². The van der Waals surface area contributed by atoms with Crippen LogP contribution in [0.3, 0.4) is 0 Å². The van der Waals surface area contributed by atoms with Crippen LogP contribution in [0.25, 0.3) is 0 Å². The summed E-state index contributed by atoms with van der Waals surface area (Å²) in [6.07, 6.45) is 1.97. The molecule has 20 heteroatoms. The van der Waals surface area contributed by atoms with Crippen LogP contribution in [0.4, 0.5) is 5.69 Å². The highest BCUT2D eigenvalue weighted by atomic mass is 35.5. The number of amides is 5. The lowest BCUT2D eigenvalue weighted by Crippen LogP contribution is -2.50. The van der Waals surface area contributed by atoms with Crippen LogP contribution in [0.2, 0.25) is 5.02 Å². The van der Waals surface area contributed by atoms with Crippen LogP contribution < -0.4 is 23.8 Å². The third kappa shape index (κ3) is 19.6. The number of ether oxygens (including phenoxy) is 4. The average Bonchev–Trinajstić information content (AvgIpc) is 0.988. The summed E-state index contributed by atoms with van der Waals surface area (Å²) in [7, 11) is 16.0. The average molecular weight is 1460 g/mol. The van der Waals surface area contributed by atoms with Gasteiger partial charge in [0.2, 0.25) is 0 Å². The summed E-state index contributed by atoms with van der Waals surface area (Å²) >= 11 is 7.81. The summed E-state index contributed by atoms with van der Waals surface area (Å²) < 4.78 is 23.8. The molecule has 0 atom stereocenters. The number of benzene rings is 5. The first-order valence-electron chi connectivity index (χ1n) is 35.8. The molecule has 0 N–H and O–H groups in total. The van der Waals surface area contributed by atoms with Crippen molar-refractivity contribution >= 4 is 58.2 Å². The van der Waals surface area contributed by atoms with Crippen molar-refractivity contribution in [2.75, 3.05) is 61.5 Å². The van der Waals surface area contributed by atoms with E-state index in [1.165, 1.54) is 21.6 Å². The zero-order valence-electron chi connectivity index (χ0n) is 67.3. The van der Waals surface area contributed by atoms with Gasteiger partial charge in [-0.3, -0.25) is 28.7 Å². The molecule has 5 amide bonds. The number of hydrogen-bond acceptors (Lipinski definition) is 13. The summed E-state index contributed by atoms with van der Waals surface area (Å²) in [5.41, 5.74) is 15.3. The zero-order valence-corrected chi connectivity index (χ0v) is 68.9. The predicted octanol–water partition coefficient (Wildman–Crippen LogP) is 18.3. The summed E-state index contributed by atoms with van der Waals surface area (Å²) in [5.74, 6) is 6.10. The molecule has 0 saturated heterocycles. The van der Waals surface area contributed by atoms with Gasteiger partial charge in [-0.15, -0.1) is 11.3 Å². The maximum Gasteiger partial charge on any atom is 0.270 e. The number of rotatable bonds is 10. The lowest BCUT2D eigenvalue weighted by Gasteiger charge is -2.37. The number of carbonyl (C=O) groups excluding carboxylic acids is 5. The third-order valence-electron chi connectivity index (χ3n) is 18.9. The van der Waals surface area contributed by atoms with Gasteiger partial charge in [0.25, 0.3) is 29.5 Å². The molecule has 5 aliphatic rings. The Balaban J connectivity index is 0.000000192. The second-order valence-electron chi connectivity index (χ2n) is 31.4. The highest BCUT2D eigenvalue weighted by Gasteiger charge is 2.40. The Morgan fingerprint density at radius 2 is 0.962 bits per heavy atom. The number of likely N-dealkylation sites (N-methyl/N-ethyl adjacent to an activating group) is 1. The molecule has 7 heterocycles. The molecule has 18 nitrogen and oxygen atoms in total.